The highest BCUT2D eigenvalue weighted by molar-refractivity contribution is 6.02. The average Bonchev–Trinajstić information content (AvgIpc) is 3.19. The summed E-state index contributed by atoms with van der Waals surface area (Å²) in [5.41, 5.74) is 5.50. The molecule has 0 aliphatic carbocycles. The molecule has 3 aromatic heterocycles. The fourth-order valence-corrected chi connectivity index (χ4v) is 3.02. The number of hydrogen-bond donors (Lipinski definition) is 1. The number of rotatable bonds is 5. The molecule has 0 fully saturated rings. The van der Waals surface area contributed by atoms with Crippen molar-refractivity contribution >= 4 is 17.7 Å². The molecule has 4 rings (SSSR count). The summed E-state index contributed by atoms with van der Waals surface area (Å²) in [4.78, 5) is 20.7. The second-order valence-corrected chi connectivity index (χ2v) is 6.51. The van der Waals surface area contributed by atoms with Crippen LogP contribution >= 0.6 is 0 Å². The first-order valence-corrected chi connectivity index (χ1v) is 9.11. The van der Waals surface area contributed by atoms with Gasteiger partial charge in [-0.1, -0.05) is 18.2 Å². The lowest BCUT2D eigenvalue weighted by Gasteiger charge is -2.06. The Kier molecular flexibility index (Phi) is 5.25. The second-order valence-electron chi connectivity index (χ2n) is 6.51. The summed E-state index contributed by atoms with van der Waals surface area (Å²) in [7, 11) is 1.87. The van der Waals surface area contributed by atoms with Crippen molar-refractivity contribution in [1.29, 1.82) is 0 Å². The molecule has 0 bridgehead atoms. The molecule has 0 radical (unpaired) electrons. The zero-order valence-electron chi connectivity index (χ0n) is 15.9. The minimum Gasteiger partial charge on any atom is -0.322 e. The van der Waals surface area contributed by atoms with Gasteiger partial charge in [-0.2, -0.15) is 5.10 Å². The van der Waals surface area contributed by atoms with Crippen molar-refractivity contribution in [3.8, 4) is 22.3 Å². The second kappa shape index (κ2) is 8.31. The molecule has 3 heterocycles. The maximum atomic E-state index is 12.4. The van der Waals surface area contributed by atoms with Gasteiger partial charge in [0.05, 0.1) is 6.20 Å². The summed E-state index contributed by atoms with van der Waals surface area (Å²) in [5, 5.41) is 7.11. The normalized spacial score (nSPS) is 10.9. The number of benzene rings is 1. The van der Waals surface area contributed by atoms with E-state index in [0.717, 1.165) is 33.5 Å². The first-order valence-electron chi connectivity index (χ1n) is 9.11. The minimum atomic E-state index is -0.214. The Balaban J connectivity index is 1.51. The third-order valence-corrected chi connectivity index (χ3v) is 4.41. The Bertz CT molecular complexity index is 1160. The molecule has 0 saturated heterocycles. The molecule has 142 valence electrons. The fraction of sp³-hybridized carbons (Fsp3) is 0.0435. The van der Waals surface area contributed by atoms with Crippen LogP contribution in [0.15, 0.2) is 85.7 Å². The molecule has 0 aliphatic heterocycles. The molecule has 0 unspecified atom stereocenters. The van der Waals surface area contributed by atoms with Crippen molar-refractivity contribution in [2.45, 2.75) is 0 Å². The maximum absolute atomic E-state index is 12.4. The molecular formula is C23H19N5O. The van der Waals surface area contributed by atoms with Crippen LogP contribution in [0.1, 0.15) is 5.56 Å². The zero-order valence-corrected chi connectivity index (χ0v) is 15.9. The minimum absolute atomic E-state index is 0.214. The molecule has 0 spiro atoms. The van der Waals surface area contributed by atoms with E-state index in [0.29, 0.717) is 0 Å². The lowest BCUT2D eigenvalue weighted by Crippen LogP contribution is -2.07. The predicted octanol–water partition coefficient (Wildman–Crippen LogP) is 4.20. The highest BCUT2D eigenvalue weighted by atomic mass is 16.1. The Hall–Kier alpha value is -4.06. The number of amides is 1. The van der Waals surface area contributed by atoms with Gasteiger partial charge in [-0.25, -0.2) is 0 Å². The molecule has 1 N–H and O–H groups in total. The molecule has 0 atom stereocenters. The van der Waals surface area contributed by atoms with Gasteiger partial charge in [-0.3, -0.25) is 19.4 Å². The van der Waals surface area contributed by atoms with E-state index in [2.05, 4.69) is 20.4 Å². The standard InChI is InChI=1S/C23H19N5O/c1-28-16-20(15-26-28)22-9-11-25-14-19(22)7-8-23(29)27-21-6-2-4-17(12-21)18-5-3-10-24-13-18/h2-16H,1H3,(H,27,29)/b8-7+. The van der Waals surface area contributed by atoms with Crippen LogP contribution in [0, 0.1) is 0 Å². The van der Waals surface area contributed by atoms with Crippen molar-refractivity contribution in [3.63, 3.8) is 0 Å². The third-order valence-electron chi connectivity index (χ3n) is 4.41. The van der Waals surface area contributed by atoms with E-state index in [4.69, 9.17) is 0 Å². The number of aromatic nitrogens is 4. The zero-order chi connectivity index (χ0) is 20.1. The van der Waals surface area contributed by atoms with E-state index in [1.807, 2.05) is 55.7 Å². The van der Waals surface area contributed by atoms with E-state index < -0.39 is 0 Å². The van der Waals surface area contributed by atoms with Crippen LogP contribution in [0.3, 0.4) is 0 Å². The molecular weight excluding hydrogens is 362 g/mol. The number of nitrogens with zero attached hydrogens (tertiary/aromatic N) is 4. The van der Waals surface area contributed by atoms with E-state index in [-0.39, 0.29) is 5.91 Å². The number of aryl methyl sites for hydroxylation is 1. The topological polar surface area (TPSA) is 72.7 Å². The maximum Gasteiger partial charge on any atom is 0.248 e. The monoisotopic (exact) mass is 381 g/mol. The highest BCUT2D eigenvalue weighted by Crippen LogP contribution is 2.24. The van der Waals surface area contributed by atoms with E-state index >= 15 is 0 Å². The Morgan fingerprint density at radius 3 is 2.62 bits per heavy atom. The summed E-state index contributed by atoms with van der Waals surface area (Å²) < 4.78 is 1.74. The van der Waals surface area contributed by atoms with Crippen molar-refractivity contribution in [1.82, 2.24) is 19.7 Å². The van der Waals surface area contributed by atoms with Crippen LogP contribution in [0.25, 0.3) is 28.3 Å². The van der Waals surface area contributed by atoms with E-state index in [1.165, 1.54) is 6.08 Å². The van der Waals surface area contributed by atoms with Crippen molar-refractivity contribution in [2.75, 3.05) is 5.32 Å². The third kappa shape index (κ3) is 4.44. The summed E-state index contributed by atoms with van der Waals surface area (Å²) in [5.74, 6) is -0.214. The van der Waals surface area contributed by atoms with Crippen LogP contribution in [0.4, 0.5) is 5.69 Å². The van der Waals surface area contributed by atoms with Gasteiger partial charge < -0.3 is 5.32 Å². The van der Waals surface area contributed by atoms with Gasteiger partial charge in [-0.05, 0) is 41.5 Å². The number of carbonyl (C=O) groups is 1. The highest BCUT2D eigenvalue weighted by Gasteiger charge is 2.06. The number of nitrogens with one attached hydrogen (secondary N) is 1. The number of carbonyl (C=O) groups excluding carboxylic acids is 1. The molecule has 1 amide bonds. The van der Waals surface area contributed by atoms with Crippen molar-refractivity contribution in [2.24, 2.45) is 7.05 Å². The lowest BCUT2D eigenvalue weighted by atomic mass is 10.0. The van der Waals surface area contributed by atoms with Crippen molar-refractivity contribution < 1.29 is 4.79 Å². The van der Waals surface area contributed by atoms with Gasteiger partial charge in [0.1, 0.15) is 0 Å². The van der Waals surface area contributed by atoms with Gasteiger partial charge in [0.25, 0.3) is 0 Å². The van der Waals surface area contributed by atoms with Crippen LogP contribution in [0.5, 0.6) is 0 Å². The lowest BCUT2D eigenvalue weighted by molar-refractivity contribution is -0.111. The van der Waals surface area contributed by atoms with Gasteiger partial charge in [-0.15, -0.1) is 0 Å². The molecule has 6 heteroatoms. The van der Waals surface area contributed by atoms with Crippen LogP contribution < -0.4 is 5.32 Å². The summed E-state index contributed by atoms with van der Waals surface area (Å²) >= 11 is 0. The van der Waals surface area contributed by atoms with Crippen molar-refractivity contribution in [3.05, 3.63) is 91.3 Å². The van der Waals surface area contributed by atoms with Crippen LogP contribution in [0.2, 0.25) is 0 Å². The number of pyridine rings is 2. The van der Waals surface area contributed by atoms with Gasteiger partial charge >= 0.3 is 0 Å². The molecule has 4 aromatic rings. The smallest absolute Gasteiger partial charge is 0.248 e. The molecule has 0 saturated carbocycles. The summed E-state index contributed by atoms with van der Waals surface area (Å²) in [6.45, 7) is 0. The first-order chi connectivity index (χ1) is 14.2. The number of anilines is 1. The van der Waals surface area contributed by atoms with Crippen LogP contribution in [-0.4, -0.2) is 25.7 Å². The molecule has 0 aliphatic rings. The van der Waals surface area contributed by atoms with E-state index in [1.54, 1.807) is 41.7 Å². The molecule has 29 heavy (non-hydrogen) atoms. The Morgan fingerprint density at radius 1 is 0.966 bits per heavy atom. The SMILES string of the molecule is Cn1cc(-c2ccncc2/C=C/C(=O)Nc2cccc(-c3cccnc3)c2)cn1. The average molecular weight is 381 g/mol. The number of hydrogen-bond acceptors (Lipinski definition) is 4. The first kappa shape index (κ1) is 18.3. The fourth-order valence-electron chi connectivity index (χ4n) is 3.02. The predicted molar refractivity (Wildman–Crippen MR) is 114 cm³/mol. The summed E-state index contributed by atoms with van der Waals surface area (Å²) in [6.07, 6.45) is 14.0. The van der Waals surface area contributed by atoms with Crippen LogP contribution in [-0.2, 0) is 11.8 Å². The Morgan fingerprint density at radius 2 is 1.83 bits per heavy atom. The quantitative estimate of drug-likeness (QED) is 0.526. The molecule has 1 aromatic carbocycles. The van der Waals surface area contributed by atoms with Gasteiger partial charge in [0.2, 0.25) is 5.91 Å². The Labute approximate surface area is 168 Å². The summed E-state index contributed by atoms with van der Waals surface area (Å²) in [6, 6.07) is 13.4. The largest absolute Gasteiger partial charge is 0.322 e. The van der Waals surface area contributed by atoms with Gasteiger partial charge in [0, 0.05) is 66.5 Å². The molecule has 6 nitrogen and oxygen atoms in total. The van der Waals surface area contributed by atoms with E-state index in [9.17, 15) is 4.79 Å². The van der Waals surface area contributed by atoms with Gasteiger partial charge in [0.15, 0.2) is 0 Å².